The summed E-state index contributed by atoms with van der Waals surface area (Å²) in [4.78, 5) is 25.6. The van der Waals surface area contributed by atoms with E-state index in [1.54, 1.807) is 29.2 Å². The van der Waals surface area contributed by atoms with Crippen LogP contribution < -0.4 is 14.2 Å². The normalized spacial score (nSPS) is 11.8. The van der Waals surface area contributed by atoms with E-state index in [9.17, 15) is 9.59 Å². The van der Waals surface area contributed by atoms with Crippen LogP contribution in [-0.2, 0) is 16.1 Å². The van der Waals surface area contributed by atoms with Crippen molar-refractivity contribution in [1.82, 2.24) is 4.90 Å². The van der Waals surface area contributed by atoms with Gasteiger partial charge in [-0.25, -0.2) is 4.79 Å². The van der Waals surface area contributed by atoms with Gasteiger partial charge in [-0.1, -0.05) is 6.07 Å². The van der Waals surface area contributed by atoms with Crippen LogP contribution >= 0.6 is 0 Å². The molecule has 142 valence electrons. The van der Waals surface area contributed by atoms with Crippen molar-refractivity contribution in [2.24, 2.45) is 0 Å². The van der Waals surface area contributed by atoms with Crippen LogP contribution in [-0.4, -0.2) is 43.8 Å². The zero-order chi connectivity index (χ0) is 19.2. The van der Waals surface area contributed by atoms with Gasteiger partial charge in [0.15, 0.2) is 18.1 Å². The van der Waals surface area contributed by atoms with E-state index in [4.69, 9.17) is 14.2 Å². The van der Waals surface area contributed by atoms with Crippen molar-refractivity contribution < 1.29 is 28.5 Å². The molecule has 1 amide bonds. The Morgan fingerprint density at radius 1 is 1.07 bits per heavy atom. The molecule has 2 aromatic carbocycles. The molecule has 1 heterocycles. The zero-order valence-electron chi connectivity index (χ0n) is 15.3. The molecule has 0 N–H and O–H groups in total. The van der Waals surface area contributed by atoms with E-state index in [2.05, 4.69) is 4.74 Å². The lowest BCUT2D eigenvalue weighted by Crippen LogP contribution is -2.34. The molecular formula is C20H21NO6. The highest BCUT2D eigenvalue weighted by molar-refractivity contribution is 5.89. The van der Waals surface area contributed by atoms with Gasteiger partial charge in [0.1, 0.15) is 5.75 Å². The molecule has 0 radical (unpaired) electrons. The van der Waals surface area contributed by atoms with Crippen molar-refractivity contribution in [3.8, 4) is 17.2 Å². The summed E-state index contributed by atoms with van der Waals surface area (Å²) in [7, 11) is 1.32. The van der Waals surface area contributed by atoms with E-state index in [1.165, 1.54) is 7.11 Å². The fraction of sp³-hybridized carbons (Fsp3) is 0.300. The van der Waals surface area contributed by atoms with Crippen molar-refractivity contribution in [3.05, 3.63) is 53.6 Å². The van der Waals surface area contributed by atoms with Crippen molar-refractivity contribution in [2.45, 2.75) is 13.5 Å². The first-order valence-corrected chi connectivity index (χ1v) is 8.58. The molecule has 3 rings (SSSR count). The zero-order valence-corrected chi connectivity index (χ0v) is 15.3. The molecule has 0 aliphatic carbocycles. The van der Waals surface area contributed by atoms with Crippen LogP contribution in [0.3, 0.4) is 0 Å². The van der Waals surface area contributed by atoms with Gasteiger partial charge in [0.05, 0.1) is 12.7 Å². The minimum Gasteiger partial charge on any atom is -0.484 e. The quantitative estimate of drug-likeness (QED) is 0.697. The number of fused-ring (bicyclic) bond motifs is 1. The van der Waals surface area contributed by atoms with E-state index in [-0.39, 0.29) is 19.3 Å². The Balaban J connectivity index is 1.56. The first-order valence-electron chi connectivity index (χ1n) is 8.58. The fourth-order valence-corrected chi connectivity index (χ4v) is 2.68. The summed E-state index contributed by atoms with van der Waals surface area (Å²) in [5.41, 5.74) is 1.38. The summed E-state index contributed by atoms with van der Waals surface area (Å²) in [6.07, 6.45) is 0. The van der Waals surface area contributed by atoms with Gasteiger partial charge in [-0.3, -0.25) is 4.79 Å². The average Bonchev–Trinajstić information content (AvgIpc) is 3.17. The number of benzene rings is 2. The van der Waals surface area contributed by atoms with Gasteiger partial charge in [0.25, 0.3) is 5.91 Å². The number of ether oxygens (including phenoxy) is 4. The first kappa shape index (κ1) is 18.6. The lowest BCUT2D eigenvalue weighted by Gasteiger charge is -2.21. The van der Waals surface area contributed by atoms with Gasteiger partial charge in [-0.2, -0.15) is 0 Å². The highest BCUT2D eigenvalue weighted by Crippen LogP contribution is 2.32. The summed E-state index contributed by atoms with van der Waals surface area (Å²) in [5.74, 6) is 1.37. The van der Waals surface area contributed by atoms with Crippen molar-refractivity contribution >= 4 is 11.9 Å². The molecule has 0 unspecified atom stereocenters. The lowest BCUT2D eigenvalue weighted by molar-refractivity contribution is -0.133. The fourth-order valence-electron chi connectivity index (χ4n) is 2.68. The van der Waals surface area contributed by atoms with Crippen LogP contribution in [0.15, 0.2) is 42.5 Å². The molecule has 2 aromatic rings. The maximum absolute atomic E-state index is 12.5. The van der Waals surface area contributed by atoms with Gasteiger partial charge < -0.3 is 23.8 Å². The molecular weight excluding hydrogens is 350 g/mol. The molecule has 0 atom stereocenters. The minimum absolute atomic E-state index is 0.0873. The highest BCUT2D eigenvalue weighted by atomic mass is 16.7. The summed E-state index contributed by atoms with van der Waals surface area (Å²) < 4.78 is 20.9. The van der Waals surface area contributed by atoms with Crippen molar-refractivity contribution in [2.75, 3.05) is 27.1 Å². The van der Waals surface area contributed by atoms with E-state index in [0.717, 1.165) is 5.56 Å². The van der Waals surface area contributed by atoms with Crippen LogP contribution in [0, 0.1) is 0 Å². The lowest BCUT2D eigenvalue weighted by atomic mass is 10.2. The molecule has 0 fully saturated rings. The molecule has 1 aliphatic heterocycles. The number of carbonyl (C=O) groups is 2. The van der Waals surface area contributed by atoms with Crippen LogP contribution in [0.1, 0.15) is 22.8 Å². The standard InChI is InChI=1S/C20H21NO6/c1-3-21(11-14-4-9-17-18(10-14)27-13-26-17)19(22)12-25-16-7-5-15(6-8-16)20(23)24-2/h4-10H,3,11-13H2,1-2H3. The van der Waals surface area contributed by atoms with Gasteiger partial charge >= 0.3 is 5.97 Å². The second-order valence-electron chi connectivity index (χ2n) is 5.90. The molecule has 0 aromatic heterocycles. The second-order valence-corrected chi connectivity index (χ2v) is 5.90. The van der Waals surface area contributed by atoms with Gasteiger partial charge in [-0.15, -0.1) is 0 Å². The number of carbonyl (C=O) groups excluding carboxylic acids is 2. The van der Waals surface area contributed by atoms with Crippen LogP contribution in [0.4, 0.5) is 0 Å². The van der Waals surface area contributed by atoms with Crippen LogP contribution in [0.2, 0.25) is 0 Å². The first-order chi connectivity index (χ1) is 13.1. The summed E-state index contributed by atoms with van der Waals surface area (Å²) in [6, 6.07) is 12.1. The minimum atomic E-state index is -0.418. The number of amides is 1. The molecule has 1 aliphatic rings. The Morgan fingerprint density at radius 3 is 2.52 bits per heavy atom. The smallest absolute Gasteiger partial charge is 0.337 e. The molecule has 7 heteroatoms. The molecule has 0 saturated heterocycles. The van der Waals surface area contributed by atoms with Crippen molar-refractivity contribution in [1.29, 1.82) is 0 Å². The Hall–Kier alpha value is -3.22. The maximum Gasteiger partial charge on any atom is 0.337 e. The Morgan fingerprint density at radius 2 is 1.81 bits per heavy atom. The molecule has 0 bridgehead atoms. The summed E-state index contributed by atoms with van der Waals surface area (Å²) >= 11 is 0. The van der Waals surface area contributed by atoms with E-state index in [0.29, 0.717) is 35.9 Å². The van der Waals surface area contributed by atoms with Crippen molar-refractivity contribution in [3.63, 3.8) is 0 Å². The summed E-state index contributed by atoms with van der Waals surface area (Å²) in [6.45, 7) is 3.05. The SMILES string of the molecule is CCN(Cc1ccc2c(c1)OCO2)C(=O)COc1ccc(C(=O)OC)cc1. The Kier molecular flexibility index (Phi) is 5.80. The number of nitrogens with zero attached hydrogens (tertiary/aromatic N) is 1. The number of esters is 1. The Labute approximate surface area is 157 Å². The largest absolute Gasteiger partial charge is 0.484 e. The third-order valence-electron chi connectivity index (χ3n) is 4.18. The van der Waals surface area contributed by atoms with E-state index >= 15 is 0 Å². The number of likely N-dealkylation sites (N-methyl/N-ethyl adjacent to an activating group) is 1. The molecule has 7 nitrogen and oxygen atoms in total. The van der Waals surface area contributed by atoms with Crippen LogP contribution in [0.5, 0.6) is 17.2 Å². The third-order valence-corrected chi connectivity index (χ3v) is 4.18. The maximum atomic E-state index is 12.5. The predicted molar refractivity (Wildman–Crippen MR) is 96.9 cm³/mol. The number of methoxy groups -OCH3 is 1. The van der Waals surface area contributed by atoms with E-state index in [1.807, 2.05) is 25.1 Å². The predicted octanol–water partition coefficient (Wildman–Crippen LogP) is 2.63. The Bertz CT molecular complexity index is 818. The second kappa shape index (κ2) is 8.44. The molecule has 0 spiro atoms. The number of rotatable bonds is 7. The monoisotopic (exact) mass is 371 g/mol. The number of hydrogen-bond acceptors (Lipinski definition) is 6. The third kappa shape index (κ3) is 4.49. The summed E-state index contributed by atoms with van der Waals surface area (Å²) in [5, 5.41) is 0. The van der Waals surface area contributed by atoms with Gasteiger partial charge in [0.2, 0.25) is 6.79 Å². The highest BCUT2D eigenvalue weighted by Gasteiger charge is 2.17. The number of hydrogen-bond donors (Lipinski definition) is 0. The van der Waals surface area contributed by atoms with E-state index < -0.39 is 5.97 Å². The van der Waals surface area contributed by atoms with Gasteiger partial charge in [-0.05, 0) is 48.9 Å². The topological polar surface area (TPSA) is 74.3 Å². The molecule has 27 heavy (non-hydrogen) atoms. The van der Waals surface area contributed by atoms with Gasteiger partial charge in [0, 0.05) is 13.1 Å². The average molecular weight is 371 g/mol. The van der Waals surface area contributed by atoms with Crippen LogP contribution in [0.25, 0.3) is 0 Å². The molecule has 0 saturated carbocycles.